The number of esters is 2. The van der Waals surface area contributed by atoms with Crippen LogP contribution in [0.5, 0.6) is 5.75 Å². The predicted molar refractivity (Wildman–Crippen MR) is 429 cm³/mol. The second kappa shape index (κ2) is 52.2. The van der Waals surface area contributed by atoms with Gasteiger partial charge in [-0.15, -0.1) is 11.3 Å². The van der Waals surface area contributed by atoms with E-state index in [0.717, 1.165) is 30.7 Å². The zero-order valence-corrected chi connectivity index (χ0v) is 69.6. The van der Waals surface area contributed by atoms with Gasteiger partial charge in [-0.3, -0.25) is 63.1 Å². The summed E-state index contributed by atoms with van der Waals surface area (Å²) < 4.78 is 16.8. The smallest absolute Gasteiger partial charge is 0.426 e. The number of carboxylic acid groups (broad SMARTS) is 4. The Balaban J connectivity index is 1.21. The summed E-state index contributed by atoms with van der Waals surface area (Å²) in [7, 11) is 4.48. The number of hydrogen-bond acceptors (Lipinski definition) is 25. The number of likely N-dealkylation sites (tertiary alicyclic amines) is 1. The number of carbonyl (C=O) groups is 16. The third-order valence-corrected chi connectivity index (χ3v) is 22.0. The molecule has 1 fully saturated rings. The molecule has 0 aliphatic carbocycles. The first-order chi connectivity index (χ1) is 55.5. The van der Waals surface area contributed by atoms with Crippen molar-refractivity contribution in [3.63, 3.8) is 0 Å². The maximum Gasteiger partial charge on any atom is 0.426 e. The molecule has 1 unspecified atom stereocenters. The average molecular weight is 1700 g/mol. The first-order valence-corrected chi connectivity index (χ1v) is 41.9. The second-order valence-electron chi connectivity index (χ2n) is 28.5. The number of hydrazine groups is 1. The Morgan fingerprint density at radius 1 is 0.667 bits per heavy atom. The van der Waals surface area contributed by atoms with Gasteiger partial charge in [-0.1, -0.05) is 112 Å². The topological polar surface area (TPSA) is 554 Å². The molecule has 4 rings (SSSR count). The Kier molecular flexibility index (Phi) is 44.1. The maximum absolute atomic E-state index is 15.0. The zero-order chi connectivity index (χ0) is 86.8. The van der Waals surface area contributed by atoms with Crippen molar-refractivity contribution in [1.82, 2.24) is 73.5 Å². The minimum Gasteiger partial charge on any atom is -0.508 e. The van der Waals surface area contributed by atoms with Crippen LogP contribution in [0.4, 0.5) is 14.4 Å². The van der Waals surface area contributed by atoms with Crippen LogP contribution in [0.25, 0.3) is 0 Å². The fourth-order valence-electron chi connectivity index (χ4n) is 12.0. The summed E-state index contributed by atoms with van der Waals surface area (Å²) in [6, 6.07) is 2.33. The molecule has 38 nitrogen and oxygen atoms in total. The number of ether oxygens (including phenoxy) is 3. The molecule has 117 heavy (non-hydrogen) atoms. The maximum atomic E-state index is 15.0. The van der Waals surface area contributed by atoms with E-state index >= 15 is 4.79 Å². The fraction of sp³-hybridized carbons (Fsp3) is 0.592. The van der Waals surface area contributed by atoms with Gasteiger partial charge < -0.3 is 92.5 Å². The number of aliphatic carboxylic acids is 4. The predicted octanol–water partition coefficient (Wildman–Crippen LogP) is 4.38. The number of amides is 12. The Bertz CT molecular complexity index is 3820. The normalized spacial score (nSPS) is 15.1. The number of carbonyl (C=O) groups excluding carboxylic acids is 12. The Morgan fingerprint density at radius 3 is 1.95 bits per heavy atom. The van der Waals surface area contributed by atoms with Crippen LogP contribution >= 0.6 is 32.9 Å². The van der Waals surface area contributed by atoms with Gasteiger partial charge in [-0.25, -0.2) is 34.4 Å². The summed E-state index contributed by atoms with van der Waals surface area (Å²) >= 11 is 1.03. The molecule has 41 heteroatoms. The molecule has 0 saturated carbocycles. The van der Waals surface area contributed by atoms with E-state index in [-0.39, 0.29) is 111 Å². The van der Waals surface area contributed by atoms with Crippen LogP contribution in [0.15, 0.2) is 53.9 Å². The summed E-state index contributed by atoms with van der Waals surface area (Å²) in [6.45, 7) is 13.9. The number of benzene rings is 2. The van der Waals surface area contributed by atoms with Crippen molar-refractivity contribution < 1.29 is 116 Å². The lowest BCUT2D eigenvalue weighted by Crippen LogP contribution is -2.59. The molecule has 0 spiro atoms. The summed E-state index contributed by atoms with van der Waals surface area (Å²) in [6.07, 6.45) is 0.0120. The highest BCUT2D eigenvalue weighted by Crippen LogP contribution is 2.33. The van der Waals surface area contributed by atoms with Crippen molar-refractivity contribution in [3.05, 3.63) is 81.3 Å². The van der Waals surface area contributed by atoms with Crippen molar-refractivity contribution in [2.45, 2.75) is 219 Å². The lowest BCUT2D eigenvalue weighted by molar-refractivity contribution is -0.160. The third-order valence-electron chi connectivity index (χ3n) is 18.7. The molecular weight excluding hydrogens is 1590 g/mol. The number of hydrogen-bond donors (Lipinski definition) is 16. The number of unbranched alkanes of at least 4 members (excludes halogenated alkanes) is 1. The van der Waals surface area contributed by atoms with Gasteiger partial charge in [0.15, 0.2) is 12.8 Å². The monoisotopic (exact) mass is 1700 g/mol. The number of aromatic hydroxyl groups is 1. The largest absolute Gasteiger partial charge is 0.508 e. The van der Waals surface area contributed by atoms with Crippen molar-refractivity contribution in [1.29, 1.82) is 0 Å². The van der Waals surface area contributed by atoms with E-state index in [1.807, 2.05) is 51.9 Å². The molecular formula is C76H112N14O24S3. The number of nitrogens with zero attached hydrogens (tertiary/aromatic N) is 3. The van der Waals surface area contributed by atoms with Crippen molar-refractivity contribution in [2.24, 2.45) is 17.8 Å². The lowest BCUT2D eigenvalue weighted by atomic mass is 9.92. The molecule has 2 aromatic carbocycles. The number of aromatic nitrogens is 1. The van der Waals surface area contributed by atoms with Crippen LogP contribution in [0.3, 0.4) is 0 Å². The van der Waals surface area contributed by atoms with Gasteiger partial charge >= 0.3 is 54.0 Å². The Labute approximate surface area is 690 Å². The third kappa shape index (κ3) is 37.5. The summed E-state index contributed by atoms with van der Waals surface area (Å²) in [5, 5.41) is 71.7. The first kappa shape index (κ1) is 98.8. The number of piperidine rings is 1. The summed E-state index contributed by atoms with van der Waals surface area (Å²) in [5.41, 5.74) is 6.27. The molecule has 1 aromatic heterocycles. The number of phenolic OH excluding ortho intramolecular Hbond substituents is 1. The second-order valence-corrected chi connectivity index (χ2v) is 32.1. The van der Waals surface area contributed by atoms with E-state index < -0.39 is 176 Å². The molecule has 2 heterocycles. The van der Waals surface area contributed by atoms with Crippen LogP contribution in [-0.4, -0.2) is 235 Å². The van der Waals surface area contributed by atoms with Gasteiger partial charge in [-0.05, 0) is 119 Å². The Morgan fingerprint density at radius 2 is 1.32 bits per heavy atom. The fourth-order valence-corrected chi connectivity index (χ4v) is 14.6. The number of urea groups is 2. The van der Waals surface area contributed by atoms with Crippen molar-refractivity contribution in [3.8, 4) is 5.75 Å². The molecule has 0 radical (unpaired) electrons. The number of rotatable bonds is 51. The van der Waals surface area contributed by atoms with Crippen LogP contribution in [-0.2, 0) is 91.1 Å². The van der Waals surface area contributed by atoms with Gasteiger partial charge in [0.2, 0.25) is 35.4 Å². The van der Waals surface area contributed by atoms with Gasteiger partial charge in [0.05, 0.1) is 18.9 Å². The van der Waals surface area contributed by atoms with E-state index in [4.69, 9.17) is 19.3 Å². The molecule has 1 aliphatic heterocycles. The van der Waals surface area contributed by atoms with Crippen LogP contribution < -0.4 is 58.7 Å². The standard InChI is InChI=1S/C76H112N14O24S3/c1-10-16-63(98)113-42-90(71(104)64(44(5)11-2)86-69(103)57-18-13-15-31-89(57)9)58(43(3)4)39-59(114-47(8)91)70-83-56(41-115-70)68(102)81-51(36-48-23-25-52(92)26-24-48)35-45(6)65(99)87-88-76(111)112-32-34-117-116-33-30-77-66(100)46(7)80-67(101)55(38-62(96)97)82-60(93)37-49-19-21-50(22-20-49)40-79-74(109)78-29-14-12-17-53(72(105)106)84-75(110)85-54(73(107)108)27-28-61(94)95/h19-26,41,43-46,51,53-55,57-59,64,92H,10-18,27-40,42H2,1-9H3,(H,77,100)(H,80,101)(H,81,102)(H,82,93)(H,86,103)(H,87,99)(H,88,111)(H,94,95)(H,96,97)(H,105,106)(H,107,108)(H2,78,79,109)(H2,84,85,110)/t44?,45-,46-,51+,53-,54+,55-,57+,58+,59+,64-/m0/s1. The number of likely N-dealkylation sites (N-methyl/N-ethyl adjacent to an activating group) is 1. The van der Waals surface area contributed by atoms with E-state index in [2.05, 4.69) is 58.4 Å². The van der Waals surface area contributed by atoms with Crippen LogP contribution in [0.2, 0.25) is 0 Å². The molecule has 0 bridgehead atoms. The molecule has 648 valence electrons. The van der Waals surface area contributed by atoms with Gasteiger partial charge in [0.25, 0.3) is 5.91 Å². The number of nitrogens with one attached hydrogen (secondary N) is 11. The number of carboxylic acids is 4. The lowest BCUT2D eigenvalue weighted by Gasteiger charge is -2.39. The Hall–Kier alpha value is -10.6. The molecule has 1 aliphatic rings. The van der Waals surface area contributed by atoms with Gasteiger partial charge in [0, 0.05) is 80.7 Å². The van der Waals surface area contributed by atoms with E-state index in [1.54, 1.807) is 43.3 Å². The minimum atomic E-state index is -1.56. The van der Waals surface area contributed by atoms with E-state index in [0.29, 0.717) is 48.1 Å². The average Bonchev–Trinajstić information content (AvgIpc) is 1.27. The van der Waals surface area contributed by atoms with E-state index in [1.165, 1.54) is 57.8 Å². The highest BCUT2D eigenvalue weighted by molar-refractivity contribution is 8.76. The van der Waals surface area contributed by atoms with Crippen molar-refractivity contribution >= 4 is 128 Å². The van der Waals surface area contributed by atoms with Crippen LogP contribution in [0.1, 0.15) is 184 Å². The minimum absolute atomic E-state index is 0.000210. The first-order valence-electron chi connectivity index (χ1n) is 38.6. The molecule has 1 saturated heterocycles. The summed E-state index contributed by atoms with van der Waals surface area (Å²) in [4.78, 5) is 213. The molecule has 12 amide bonds. The highest BCUT2D eigenvalue weighted by atomic mass is 33.1. The van der Waals surface area contributed by atoms with Gasteiger partial charge in [0.1, 0.15) is 53.3 Å². The van der Waals surface area contributed by atoms with Gasteiger partial charge in [-0.2, -0.15) is 0 Å². The number of phenols is 1. The SMILES string of the molecule is CCCC(=O)OCN(C(=O)[C@@H](NC(=O)[C@H]1CCCCN1C)C(C)CC)[C@H](C[C@@H](OC(C)=O)c1nc(C(=O)N[C@@H](Cc2ccc(O)cc2)C[C@H](C)C(=O)NNC(=O)OCCSSCCNC(=O)[C@H](C)NC(=O)[C@H](CC(=O)O)NC(=O)Cc2ccc(CNC(=O)NCCCC[C@H](NC(=O)N[C@H](CCC(=O)O)C(=O)O)C(=O)O)cc2)cs1)C(C)C. The van der Waals surface area contributed by atoms with E-state index in [9.17, 15) is 92.3 Å². The highest BCUT2D eigenvalue weighted by Gasteiger charge is 2.40. The quantitative estimate of drug-likeness (QED) is 0.00931. The molecule has 16 N–H and O–H groups in total. The van der Waals surface area contributed by atoms with Crippen molar-refractivity contribution in [2.75, 3.05) is 51.5 Å². The summed E-state index contributed by atoms with van der Waals surface area (Å²) in [5.74, 6) is -12.0. The molecule has 11 atom stereocenters. The zero-order valence-electron chi connectivity index (χ0n) is 67.2. The number of thiazole rings is 1. The van der Waals surface area contributed by atoms with Crippen LogP contribution in [0, 0.1) is 17.8 Å². The molecule has 3 aromatic rings.